The first kappa shape index (κ1) is 25.0. The van der Waals surface area contributed by atoms with Crippen molar-refractivity contribution >= 4 is 21.9 Å². The third kappa shape index (κ3) is 4.67. The number of hydrogen-bond acceptors (Lipinski definition) is 3. The Bertz CT molecular complexity index is 2160. The Kier molecular flexibility index (Phi) is 6.12. The summed E-state index contributed by atoms with van der Waals surface area (Å²) in [6.07, 6.45) is 0. The molecule has 0 unspecified atom stereocenters. The van der Waals surface area contributed by atoms with Crippen molar-refractivity contribution in [2.75, 3.05) is 0 Å². The van der Waals surface area contributed by atoms with Crippen LogP contribution in [0.15, 0.2) is 162 Å². The fourth-order valence-electron chi connectivity index (χ4n) is 5.74. The monoisotopic (exact) mass is 550 g/mol. The molecule has 0 radical (unpaired) electrons. The van der Waals surface area contributed by atoms with E-state index >= 15 is 0 Å². The Morgan fingerprint density at radius 2 is 0.930 bits per heavy atom. The van der Waals surface area contributed by atoms with Crippen molar-refractivity contribution in [1.82, 2.24) is 9.97 Å². The molecule has 0 aliphatic rings. The molecule has 0 N–H and O–H groups in total. The maximum Gasteiger partial charge on any atom is 0.160 e. The molecule has 8 aromatic rings. The van der Waals surface area contributed by atoms with Crippen molar-refractivity contribution < 1.29 is 4.42 Å². The molecule has 2 heterocycles. The molecular weight excluding hydrogens is 524 g/mol. The Labute approximate surface area is 249 Å². The average Bonchev–Trinajstić information content (AvgIpc) is 3.48. The van der Waals surface area contributed by atoms with Crippen LogP contribution in [0, 0.1) is 0 Å². The maximum atomic E-state index is 6.32. The van der Waals surface area contributed by atoms with Gasteiger partial charge in [-0.1, -0.05) is 140 Å². The van der Waals surface area contributed by atoms with Gasteiger partial charge in [0.25, 0.3) is 0 Å². The number of fused-ring (bicyclic) bond motifs is 3. The van der Waals surface area contributed by atoms with E-state index in [1.165, 1.54) is 0 Å². The van der Waals surface area contributed by atoms with E-state index in [9.17, 15) is 0 Å². The van der Waals surface area contributed by atoms with E-state index < -0.39 is 0 Å². The van der Waals surface area contributed by atoms with Gasteiger partial charge < -0.3 is 4.42 Å². The number of aromatic nitrogens is 2. The minimum atomic E-state index is 0.716. The van der Waals surface area contributed by atoms with Crippen LogP contribution >= 0.6 is 0 Å². The van der Waals surface area contributed by atoms with Crippen LogP contribution in [0.3, 0.4) is 0 Å². The van der Waals surface area contributed by atoms with Crippen molar-refractivity contribution in [2.24, 2.45) is 0 Å². The zero-order valence-electron chi connectivity index (χ0n) is 23.3. The zero-order valence-corrected chi connectivity index (χ0v) is 23.3. The molecule has 2 aromatic heterocycles. The molecule has 0 atom stereocenters. The summed E-state index contributed by atoms with van der Waals surface area (Å²) in [7, 11) is 0. The highest BCUT2D eigenvalue weighted by Gasteiger charge is 2.13. The molecule has 0 bridgehead atoms. The lowest BCUT2D eigenvalue weighted by molar-refractivity contribution is 0.670. The number of furan rings is 1. The molecular formula is C40H26N2O. The predicted octanol–water partition coefficient (Wildman–Crippen LogP) is 10.7. The Morgan fingerprint density at radius 1 is 0.372 bits per heavy atom. The second kappa shape index (κ2) is 10.6. The van der Waals surface area contributed by atoms with Gasteiger partial charge in [-0.2, -0.15) is 0 Å². The molecule has 8 rings (SSSR count). The fraction of sp³-hybridized carbons (Fsp3) is 0. The predicted molar refractivity (Wildman–Crippen MR) is 176 cm³/mol. The average molecular weight is 551 g/mol. The molecule has 202 valence electrons. The highest BCUT2D eigenvalue weighted by molar-refractivity contribution is 6.09. The van der Waals surface area contributed by atoms with Crippen LogP contribution in [0.5, 0.6) is 0 Å². The van der Waals surface area contributed by atoms with Gasteiger partial charge in [0.1, 0.15) is 11.2 Å². The van der Waals surface area contributed by atoms with E-state index in [4.69, 9.17) is 14.4 Å². The lowest BCUT2D eigenvalue weighted by Gasteiger charge is -2.10. The molecule has 0 aliphatic heterocycles. The van der Waals surface area contributed by atoms with Crippen LogP contribution < -0.4 is 0 Å². The molecule has 0 saturated carbocycles. The van der Waals surface area contributed by atoms with Gasteiger partial charge >= 0.3 is 0 Å². The summed E-state index contributed by atoms with van der Waals surface area (Å²) in [5.41, 5.74) is 11.2. The van der Waals surface area contributed by atoms with Crippen molar-refractivity contribution in [2.45, 2.75) is 0 Å². The van der Waals surface area contributed by atoms with E-state index in [1.807, 2.05) is 48.5 Å². The molecule has 3 heteroatoms. The highest BCUT2D eigenvalue weighted by Crippen LogP contribution is 2.37. The minimum Gasteiger partial charge on any atom is -0.455 e. The summed E-state index contributed by atoms with van der Waals surface area (Å²) in [6.45, 7) is 0. The fourth-order valence-corrected chi connectivity index (χ4v) is 5.74. The van der Waals surface area contributed by atoms with E-state index in [0.717, 1.165) is 72.3 Å². The van der Waals surface area contributed by atoms with E-state index in [0.29, 0.717) is 5.82 Å². The second-order valence-corrected chi connectivity index (χ2v) is 10.6. The van der Waals surface area contributed by atoms with E-state index in [2.05, 4.69) is 109 Å². The highest BCUT2D eigenvalue weighted by atomic mass is 16.3. The van der Waals surface area contributed by atoms with Gasteiger partial charge in [0.05, 0.1) is 11.4 Å². The zero-order chi connectivity index (χ0) is 28.6. The lowest BCUT2D eigenvalue weighted by Crippen LogP contribution is -1.95. The van der Waals surface area contributed by atoms with Gasteiger partial charge in [0, 0.05) is 33.0 Å². The summed E-state index contributed by atoms with van der Waals surface area (Å²) in [6, 6.07) is 54.4. The largest absolute Gasteiger partial charge is 0.455 e. The molecule has 0 amide bonds. The summed E-state index contributed by atoms with van der Waals surface area (Å²) in [5.74, 6) is 0.716. The number of nitrogens with zero attached hydrogens (tertiary/aromatic N) is 2. The number of hydrogen-bond donors (Lipinski definition) is 0. The summed E-state index contributed by atoms with van der Waals surface area (Å²) in [5, 5.41) is 2.28. The minimum absolute atomic E-state index is 0.716. The van der Waals surface area contributed by atoms with Crippen LogP contribution in [0.1, 0.15) is 0 Å². The Morgan fingerprint density at radius 3 is 1.70 bits per heavy atom. The van der Waals surface area contributed by atoms with Gasteiger partial charge in [0.2, 0.25) is 0 Å². The van der Waals surface area contributed by atoms with E-state index in [1.54, 1.807) is 0 Å². The van der Waals surface area contributed by atoms with Crippen molar-refractivity contribution in [1.29, 1.82) is 0 Å². The molecule has 0 aliphatic carbocycles. The SMILES string of the molecule is c1ccc(-c2cc(-c3ccc(-c4cccc(-c5cccc6c5oc5ccccc56)c4)cc3)nc(-c3ccccc3)n2)cc1. The first-order chi connectivity index (χ1) is 21.3. The van der Waals surface area contributed by atoms with Crippen LogP contribution in [0.2, 0.25) is 0 Å². The number of rotatable bonds is 5. The van der Waals surface area contributed by atoms with Crippen LogP contribution in [0.4, 0.5) is 0 Å². The molecule has 0 spiro atoms. The number of benzene rings is 6. The molecule has 0 saturated heterocycles. The summed E-state index contributed by atoms with van der Waals surface area (Å²) >= 11 is 0. The van der Waals surface area contributed by atoms with Crippen molar-refractivity contribution in [3.63, 3.8) is 0 Å². The van der Waals surface area contributed by atoms with Gasteiger partial charge in [-0.05, 0) is 34.9 Å². The van der Waals surface area contributed by atoms with Crippen LogP contribution in [-0.2, 0) is 0 Å². The topological polar surface area (TPSA) is 38.9 Å². The normalized spacial score (nSPS) is 11.3. The van der Waals surface area contributed by atoms with Gasteiger partial charge in [-0.25, -0.2) is 9.97 Å². The lowest BCUT2D eigenvalue weighted by atomic mass is 9.97. The second-order valence-electron chi connectivity index (χ2n) is 10.6. The van der Waals surface area contributed by atoms with Crippen LogP contribution in [-0.4, -0.2) is 9.97 Å². The smallest absolute Gasteiger partial charge is 0.160 e. The third-order valence-corrected chi connectivity index (χ3v) is 7.92. The quantitative estimate of drug-likeness (QED) is 0.214. The Hall–Kier alpha value is -5.80. The first-order valence-electron chi connectivity index (χ1n) is 14.4. The molecule has 3 nitrogen and oxygen atoms in total. The molecule has 0 fully saturated rings. The standard InChI is InChI=1S/C40H26N2O/c1-3-11-28(12-4-1)36-26-37(42-40(41-36)30-13-5-2-6-14-30)29-23-21-27(22-24-29)31-15-9-16-32(25-31)33-18-10-19-35-34-17-7-8-20-38(34)43-39(33)35/h1-26H. The van der Waals surface area contributed by atoms with Gasteiger partial charge in [0.15, 0.2) is 5.82 Å². The van der Waals surface area contributed by atoms with Crippen LogP contribution in [0.25, 0.3) is 78.1 Å². The van der Waals surface area contributed by atoms with Crippen molar-refractivity contribution in [3.8, 4) is 56.2 Å². The first-order valence-corrected chi connectivity index (χ1v) is 14.4. The Balaban J connectivity index is 1.17. The molecule has 6 aromatic carbocycles. The third-order valence-electron chi connectivity index (χ3n) is 7.92. The van der Waals surface area contributed by atoms with Gasteiger partial charge in [-0.15, -0.1) is 0 Å². The summed E-state index contributed by atoms with van der Waals surface area (Å²) in [4.78, 5) is 9.90. The maximum absolute atomic E-state index is 6.32. The van der Waals surface area contributed by atoms with Crippen molar-refractivity contribution in [3.05, 3.63) is 158 Å². The summed E-state index contributed by atoms with van der Waals surface area (Å²) < 4.78 is 6.32. The van der Waals surface area contributed by atoms with E-state index in [-0.39, 0.29) is 0 Å². The molecule has 43 heavy (non-hydrogen) atoms. The number of para-hydroxylation sites is 2. The van der Waals surface area contributed by atoms with Gasteiger partial charge in [-0.3, -0.25) is 0 Å².